The Labute approximate surface area is 148 Å². The van der Waals surface area contributed by atoms with Crippen LogP contribution < -0.4 is 10.1 Å². The molecule has 5 heteroatoms. The number of hydrogen-bond donors (Lipinski definition) is 1. The Hall–Kier alpha value is -2.82. The maximum Gasteiger partial charge on any atom is 0.251 e. The SMILES string of the molecule is COc1ccccc1CN(C)C(=O)CCNC(=O)c1ccccc1C. The monoisotopic (exact) mass is 340 g/mol. The maximum absolute atomic E-state index is 12.3. The first kappa shape index (κ1) is 18.5. The van der Waals surface area contributed by atoms with Crippen molar-refractivity contribution in [3.63, 3.8) is 0 Å². The molecule has 0 atom stereocenters. The number of hydrogen-bond acceptors (Lipinski definition) is 3. The molecule has 5 nitrogen and oxygen atoms in total. The van der Waals surface area contributed by atoms with Crippen molar-refractivity contribution in [3.8, 4) is 5.75 Å². The van der Waals surface area contributed by atoms with E-state index in [1.54, 1.807) is 25.1 Å². The summed E-state index contributed by atoms with van der Waals surface area (Å²) in [6.45, 7) is 2.66. The van der Waals surface area contributed by atoms with Gasteiger partial charge >= 0.3 is 0 Å². The number of carbonyl (C=O) groups is 2. The van der Waals surface area contributed by atoms with E-state index < -0.39 is 0 Å². The minimum atomic E-state index is -0.154. The zero-order valence-corrected chi connectivity index (χ0v) is 14.9. The smallest absolute Gasteiger partial charge is 0.251 e. The van der Waals surface area contributed by atoms with Crippen molar-refractivity contribution in [3.05, 3.63) is 65.2 Å². The second-order valence-corrected chi connectivity index (χ2v) is 5.88. The molecule has 25 heavy (non-hydrogen) atoms. The third-order valence-electron chi connectivity index (χ3n) is 4.04. The molecule has 0 radical (unpaired) electrons. The third kappa shape index (κ3) is 5.08. The second-order valence-electron chi connectivity index (χ2n) is 5.88. The number of ether oxygens (including phenoxy) is 1. The van der Waals surface area contributed by atoms with Crippen molar-refractivity contribution < 1.29 is 14.3 Å². The van der Waals surface area contributed by atoms with Gasteiger partial charge in [0.15, 0.2) is 0 Å². The van der Waals surface area contributed by atoms with Gasteiger partial charge in [-0.25, -0.2) is 0 Å². The molecule has 1 N–H and O–H groups in total. The average molecular weight is 340 g/mol. The predicted octanol–water partition coefficient (Wildman–Crippen LogP) is 2.78. The summed E-state index contributed by atoms with van der Waals surface area (Å²) in [5, 5.41) is 2.80. The molecule has 132 valence electrons. The summed E-state index contributed by atoms with van der Waals surface area (Å²) >= 11 is 0. The highest BCUT2D eigenvalue weighted by Gasteiger charge is 2.13. The molecule has 0 heterocycles. The Morgan fingerprint density at radius 2 is 1.76 bits per heavy atom. The first-order chi connectivity index (χ1) is 12.0. The number of rotatable bonds is 7. The molecule has 0 bridgehead atoms. The van der Waals surface area contributed by atoms with Crippen molar-refractivity contribution in [2.75, 3.05) is 20.7 Å². The number of nitrogens with zero attached hydrogens (tertiary/aromatic N) is 1. The van der Waals surface area contributed by atoms with E-state index >= 15 is 0 Å². The van der Waals surface area contributed by atoms with E-state index in [9.17, 15) is 9.59 Å². The van der Waals surface area contributed by atoms with Gasteiger partial charge in [-0.05, 0) is 24.6 Å². The summed E-state index contributed by atoms with van der Waals surface area (Å²) in [6, 6.07) is 15.0. The summed E-state index contributed by atoms with van der Waals surface area (Å²) in [4.78, 5) is 26.0. The van der Waals surface area contributed by atoms with Crippen molar-refractivity contribution in [2.45, 2.75) is 19.9 Å². The van der Waals surface area contributed by atoms with Gasteiger partial charge in [0.2, 0.25) is 5.91 Å². The minimum absolute atomic E-state index is 0.0315. The van der Waals surface area contributed by atoms with E-state index in [0.29, 0.717) is 18.7 Å². The Balaban J connectivity index is 1.83. The lowest BCUT2D eigenvalue weighted by Gasteiger charge is -2.19. The molecule has 0 saturated carbocycles. The lowest BCUT2D eigenvalue weighted by molar-refractivity contribution is -0.130. The Morgan fingerprint density at radius 1 is 1.08 bits per heavy atom. The molecule has 0 aliphatic heterocycles. The van der Waals surface area contributed by atoms with Crippen LogP contribution in [0.15, 0.2) is 48.5 Å². The Bertz CT molecular complexity index is 743. The molecule has 0 spiro atoms. The molecular formula is C20H24N2O3. The van der Waals surface area contributed by atoms with Crippen LogP contribution in [-0.2, 0) is 11.3 Å². The van der Waals surface area contributed by atoms with Crippen LogP contribution in [0.25, 0.3) is 0 Å². The van der Waals surface area contributed by atoms with Gasteiger partial charge in [0, 0.05) is 37.7 Å². The summed E-state index contributed by atoms with van der Waals surface area (Å²) in [5.41, 5.74) is 2.50. The zero-order valence-electron chi connectivity index (χ0n) is 14.9. The molecule has 0 fully saturated rings. The quantitative estimate of drug-likeness (QED) is 0.843. The van der Waals surface area contributed by atoms with Gasteiger partial charge < -0.3 is 15.0 Å². The van der Waals surface area contributed by atoms with Gasteiger partial charge in [0.25, 0.3) is 5.91 Å². The first-order valence-corrected chi connectivity index (χ1v) is 8.22. The fraction of sp³-hybridized carbons (Fsp3) is 0.300. The fourth-order valence-electron chi connectivity index (χ4n) is 2.57. The van der Waals surface area contributed by atoms with Crippen LogP contribution in [0.4, 0.5) is 0 Å². The van der Waals surface area contributed by atoms with Crippen LogP contribution in [0.1, 0.15) is 27.9 Å². The minimum Gasteiger partial charge on any atom is -0.496 e. The number of benzene rings is 2. The highest BCUT2D eigenvalue weighted by molar-refractivity contribution is 5.95. The van der Waals surface area contributed by atoms with E-state index in [2.05, 4.69) is 5.32 Å². The number of para-hydroxylation sites is 1. The van der Waals surface area contributed by atoms with Crippen LogP contribution in [0.2, 0.25) is 0 Å². The zero-order chi connectivity index (χ0) is 18.2. The number of nitrogens with one attached hydrogen (secondary N) is 1. The van der Waals surface area contributed by atoms with Gasteiger partial charge in [-0.1, -0.05) is 36.4 Å². The maximum atomic E-state index is 12.3. The highest BCUT2D eigenvalue weighted by atomic mass is 16.5. The molecule has 0 saturated heterocycles. The molecule has 0 aromatic heterocycles. The highest BCUT2D eigenvalue weighted by Crippen LogP contribution is 2.18. The Morgan fingerprint density at radius 3 is 2.48 bits per heavy atom. The predicted molar refractivity (Wildman–Crippen MR) is 97.6 cm³/mol. The van der Waals surface area contributed by atoms with Crippen molar-refractivity contribution in [1.82, 2.24) is 10.2 Å². The molecule has 2 amide bonds. The fourth-order valence-corrected chi connectivity index (χ4v) is 2.57. The normalized spacial score (nSPS) is 10.2. The number of methoxy groups -OCH3 is 1. The third-order valence-corrected chi connectivity index (χ3v) is 4.04. The van der Waals surface area contributed by atoms with Crippen LogP contribution >= 0.6 is 0 Å². The summed E-state index contributed by atoms with van der Waals surface area (Å²) < 4.78 is 5.30. The van der Waals surface area contributed by atoms with E-state index in [4.69, 9.17) is 4.74 Å². The summed E-state index contributed by atoms with van der Waals surface area (Å²) in [6.07, 6.45) is 0.253. The summed E-state index contributed by atoms with van der Waals surface area (Å²) in [7, 11) is 3.36. The standard InChI is InChI=1S/C20H24N2O3/c1-15-8-4-6-10-17(15)20(24)21-13-12-19(23)22(2)14-16-9-5-7-11-18(16)25-3/h4-11H,12-14H2,1-3H3,(H,21,24). The lowest BCUT2D eigenvalue weighted by Crippen LogP contribution is -2.32. The second kappa shape index (κ2) is 8.87. The molecule has 2 aromatic carbocycles. The van der Waals surface area contributed by atoms with Gasteiger partial charge in [0.05, 0.1) is 7.11 Å². The lowest BCUT2D eigenvalue weighted by atomic mass is 10.1. The molecular weight excluding hydrogens is 316 g/mol. The van der Waals surface area contributed by atoms with Crippen molar-refractivity contribution in [1.29, 1.82) is 0 Å². The largest absolute Gasteiger partial charge is 0.496 e. The van der Waals surface area contributed by atoms with E-state index in [0.717, 1.165) is 16.9 Å². The molecule has 0 unspecified atom stereocenters. The van der Waals surface area contributed by atoms with Crippen LogP contribution in [0, 0.1) is 6.92 Å². The molecule has 0 aliphatic rings. The van der Waals surface area contributed by atoms with Gasteiger partial charge in [-0.15, -0.1) is 0 Å². The number of amides is 2. The Kier molecular flexibility index (Phi) is 6.57. The van der Waals surface area contributed by atoms with Crippen molar-refractivity contribution in [2.24, 2.45) is 0 Å². The van der Waals surface area contributed by atoms with Gasteiger partial charge in [0.1, 0.15) is 5.75 Å². The van der Waals surface area contributed by atoms with E-state index in [1.807, 2.05) is 49.4 Å². The molecule has 2 rings (SSSR count). The van der Waals surface area contributed by atoms with E-state index in [1.165, 1.54) is 0 Å². The number of aryl methyl sites for hydroxylation is 1. The molecule has 0 aliphatic carbocycles. The van der Waals surface area contributed by atoms with E-state index in [-0.39, 0.29) is 18.2 Å². The van der Waals surface area contributed by atoms with Crippen LogP contribution in [-0.4, -0.2) is 37.4 Å². The number of carbonyl (C=O) groups excluding carboxylic acids is 2. The topological polar surface area (TPSA) is 58.6 Å². The first-order valence-electron chi connectivity index (χ1n) is 8.22. The van der Waals surface area contributed by atoms with Crippen LogP contribution in [0.3, 0.4) is 0 Å². The average Bonchev–Trinajstić information content (AvgIpc) is 2.62. The van der Waals surface area contributed by atoms with Crippen LogP contribution in [0.5, 0.6) is 5.75 Å². The van der Waals surface area contributed by atoms with Crippen molar-refractivity contribution >= 4 is 11.8 Å². The van der Waals surface area contributed by atoms with Gasteiger partial charge in [-0.2, -0.15) is 0 Å². The van der Waals surface area contributed by atoms with Gasteiger partial charge in [-0.3, -0.25) is 9.59 Å². The summed E-state index contributed by atoms with van der Waals surface area (Å²) in [5.74, 6) is 0.573. The molecule has 2 aromatic rings.